The smallest absolute Gasteiger partial charge is 0.253 e. The lowest BCUT2D eigenvalue weighted by Gasteiger charge is -2.32. The van der Waals surface area contributed by atoms with E-state index in [9.17, 15) is 4.79 Å². The van der Waals surface area contributed by atoms with Gasteiger partial charge in [-0.2, -0.15) is 0 Å². The first kappa shape index (κ1) is 15.6. The van der Waals surface area contributed by atoms with Crippen LogP contribution in [0.3, 0.4) is 0 Å². The Morgan fingerprint density at radius 2 is 1.88 bits per heavy atom. The second kappa shape index (κ2) is 6.89. The lowest BCUT2D eigenvalue weighted by molar-refractivity contribution is 0.0713. The first-order valence-electron chi connectivity index (χ1n) is 8.60. The molecule has 25 heavy (non-hydrogen) atoms. The Bertz CT molecular complexity index is 837. The minimum Gasteiger partial charge on any atom is -0.345 e. The maximum atomic E-state index is 12.9. The van der Waals surface area contributed by atoms with E-state index in [4.69, 9.17) is 0 Å². The normalized spacial score (nSPS) is 15.3. The Morgan fingerprint density at radius 3 is 2.60 bits per heavy atom. The number of carbonyl (C=O) groups is 1. The molecule has 1 saturated heterocycles. The van der Waals surface area contributed by atoms with Gasteiger partial charge in [0.15, 0.2) is 0 Å². The number of aromatic amines is 1. The Balaban J connectivity index is 1.45. The van der Waals surface area contributed by atoms with E-state index in [0.29, 0.717) is 5.92 Å². The van der Waals surface area contributed by atoms with Gasteiger partial charge in [0.1, 0.15) is 5.82 Å². The van der Waals surface area contributed by atoms with Crippen LogP contribution in [0.25, 0.3) is 11.4 Å². The Hall–Kier alpha value is -2.95. The third kappa shape index (κ3) is 3.31. The van der Waals surface area contributed by atoms with Gasteiger partial charge in [0.05, 0.1) is 0 Å². The summed E-state index contributed by atoms with van der Waals surface area (Å²) in [4.78, 5) is 26.2. The molecule has 4 rings (SSSR count). The van der Waals surface area contributed by atoms with Crippen molar-refractivity contribution < 1.29 is 4.79 Å². The summed E-state index contributed by atoms with van der Waals surface area (Å²) in [6.45, 7) is 1.58. The van der Waals surface area contributed by atoms with Gasteiger partial charge < -0.3 is 9.88 Å². The molecular formula is C20H20N4O. The number of pyridine rings is 1. The van der Waals surface area contributed by atoms with Gasteiger partial charge in [-0.1, -0.05) is 12.1 Å². The number of piperidine rings is 1. The quantitative estimate of drug-likeness (QED) is 0.798. The van der Waals surface area contributed by atoms with Crippen molar-refractivity contribution in [2.24, 2.45) is 0 Å². The number of nitrogens with one attached hydrogen (secondary N) is 1. The van der Waals surface area contributed by atoms with E-state index in [1.165, 1.54) is 5.56 Å². The molecule has 0 bridgehead atoms. The van der Waals surface area contributed by atoms with Crippen molar-refractivity contribution in [1.82, 2.24) is 19.9 Å². The molecule has 0 atom stereocenters. The van der Waals surface area contributed by atoms with Crippen LogP contribution in [0.5, 0.6) is 0 Å². The number of likely N-dealkylation sites (tertiary alicyclic amines) is 1. The summed E-state index contributed by atoms with van der Waals surface area (Å²) in [5, 5.41) is 0. The Morgan fingerprint density at radius 1 is 1.08 bits per heavy atom. The number of hydrogen-bond donors (Lipinski definition) is 1. The zero-order chi connectivity index (χ0) is 17.1. The summed E-state index contributed by atoms with van der Waals surface area (Å²) in [7, 11) is 0. The van der Waals surface area contributed by atoms with E-state index in [-0.39, 0.29) is 5.91 Å². The van der Waals surface area contributed by atoms with Gasteiger partial charge in [0, 0.05) is 49.0 Å². The number of amides is 1. The van der Waals surface area contributed by atoms with E-state index >= 15 is 0 Å². The second-order valence-electron chi connectivity index (χ2n) is 6.37. The molecular weight excluding hydrogens is 312 g/mol. The maximum Gasteiger partial charge on any atom is 0.253 e. The molecule has 0 spiro atoms. The van der Waals surface area contributed by atoms with Gasteiger partial charge in [-0.15, -0.1) is 0 Å². The number of nitrogens with zero attached hydrogens (tertiary/aromatic N) is 3. The third-order valence-corrected chi connectivity index (χ3v) is 4.84. The minimum absolute atomic E-state index is 0.0987. The summed E-state index contributed by atoms with van der Waals surface area (Å²) < 4.78 is 0. The molecule has 3 heterocycles. The van der Waals surface area contributed by atoms with E-state index in [1.807, 2.05) is 41.6 Å². The maximum absolute atomic E-state index is 12.9. The van der Waals surface area contributed by atoms with Crippen molar-refractivity contribution in [1.29, 1.82) is 0 Å². The molecule has 0 unspecified atom stereocenters. The Kier molecular flexibility index (Phi) is 4.29. The van der Waals surface area contributed by atoms with Crippen molar-refractivity contribution in [2.45, 2.75) is 18.8 Å². The Labute approximate surface area is 146 Å². The van der Waals surface area contributed by atoms with Crippen LogP contribution in [0, 0.1) is 0 Å². The number of carbonyl (C=O) groups excluding carboxylic acids is 1. The van der Waals surface area contributed by atoms with E-state index < -0.39 is 0 Å². The van der Waals surface area contributed by atoms with Crippen LogP contribution in [-0.4, -0.2) is 38.8 Å². The number of aromatic nitrogens is 3. The van der Waals surface area contributed by atoms with Gasteiger partial charge >= 0.3 is 0 Å². The minimum atomic E-state index is 0.0987. The number of rotatable bonds is 3. The number of benzene rings is 1. The molecule has 2 aromatic heterocycles. The van der Waals surface area contributed by atoms with Crippen molar-refractivity contribution in [3.8, 4) is 11.4 Å². The van der Waals surface area contributed by atoms with Crippen LogP contribution in [0.4, 0.5) is 0 Å². The van der Waals surface area contributed by atoms with Gasteiger partial charge in [0.2, 0.25) is 0 Å². The molecule has 5 nitrogen and oxygen atoms in total. The second-order valence-corrected chi connectivity index (χ2v) is 6.37. The summed E-state index contributed by atoms with van der Waals surface area (Å²) in [6.07, 6.45) is 9.17. The fourth-order valence-electron chi connectivity index (χ4n) is 3.46. The summed E-state index contributed by atoms with van der Waals surface area (Å²) in [5.41, 5.74) is 2.97. The average Bonchev–Trinajstić information content (AvgIpc) is 3.23. The van der Waals surface area contributed by atoms with Crippen LogP contribution in [0.15, 0.2) is 61.2 Å². The van der Waals surface area contributed by atoms with Gasteiger partial charge in [-0.3, -0.25) is 9.78 Å². The van der Waals surface area contributed by atoms with Crippen LogP contribution < -0.4 is 0 Å². The molecule has 0 saturated carbocycles. The topological polar surface area (TPSA) is 61.9 Å². The third-order valence-electron chi connectivity index (χ3n) is 4.84. The van der Waals surface area contributed by atoms with Crippen LogP contribution >= 0.6 is 0 Å². The van der Waals surface area contributed by atoms with Gasteiger partial charge in [-0.25, -0.2) is 4.98 Å². The number of H-pyrrole nitrogens is 1. The summed E-state index contributed by atoms with van der Waals surface area (Å²) >= 11 is 0. The standard InChI is InChI=1S/C20H20N4O/c25-20(18-3-1-2-17(14-18)19-22-10-11-23-19)24-12-6-16(7-13-24)15-4-8-21-9-5-15/h1-5,8-11,14,16H,6-7,12-13H2,(H,22,23). The van der Waals surface area contributed by atoms with Crippen molar-refractivity contribution in [3.05, 3.63) is 72.3 Å². The zero-order valence-corrected chi connectivity index (χ0v) is 13.9. The summed E-state index contributed by atoms with van der Waals surface area (Å²) in [5.74, 6) is 1.40. The predicted molar refractivity (Wildman–Crippen MR) is 96.1 cm³/mol. The first-order chi connectivity index (χ1) is 12.3. The molecule has 1 aliphatic rings. The van der Waals surface area contributed by atoms with Gasteiger partial charge in [-0.05, 0) is 48.6 Å². The molecule has 1 fully saturated rings. The molecule has 1 aromatic carbocycles. The van der Waals surface area contributed by atoms with E-state index in [1.54, 1.807) is 12.4 Å². The van der Waals surface area contributed by atoms with Crippen LogP contribution in [-0.2, 0) is 0 Å². The molecule has 1 aliphatic heterocycles. The highest BCUT2D eigenvalue weighted by Crippen LogP contribution is 2.28. The van der Waals surface area contributed by atoms with Crippen LogP contribution in [0.1, 0.15) is 34.7 Å². The molecule has 126 valence electrons. The van der Waals surface area contributed by atoms with Crippen molar-refractivity contribution in [3.63, 3.8) is 0 Å². The largest absolute Gasteiger partial charge is 0.345 e. The molecule has 3 aromatic rings. The summed E-state index contributed by atoms with van der Waals surface area (Å²) in [6, 6.07) is 11.8. The average molecular weight is 332 g/mol. The van der Waals surface area contributed by atoms with Crippen molar-refractivity contribution >= 4 is 5.91 Å². The zero-order valence-electron chi connectivity index (χ0n) is 13.9. The SMILES string of the molecule is O=C(c1cccc(-c2ncc[nH]2)c1)N1CCC(c2ccncc2)CC1. The van der Waals surface area contributed by atoms with Crippen LogP contribution in [0.2, 0.25) is 0 Å². The fourth-order valence-corrected chi connectivity index (χ4v) is 3.46. The highest BCUT2D eigenvalue weighted by atomic mass is 16.2. The number of hydrogen-bond acceptors (Lipinski definition) is 3. The first-order valence-corrected chi connectivity index (χ1v) is 8.60. The molecule has 1 amide bonds. The number of imidazole rings is 1. The van der Waals surface area contributed by atoms with Crippen molar-refractivity contribution in [2.75, 3.05) is 13.1 Å². The predicted octanol–water partition coefficient (Wildman–Crippen LogP) is 3.49. The molecule has 0 radical (unpaired) electrons. The lowest BCUT2D eigenvalue weighted by atomic mass is 9.90. The highest BCUT2D eigenvalue weighted by molar-refractivity contribution is 5.95. The lowest BCUT2D eigenvalue weighted by Crippen LogP contribution is -2.37. The van der Waals surface area contributed by atoms with Gasteiger partial charge in [0.25, 0.3) is 5.91 Å². The fraction of sp³-hybridized carbons (Fsp3) is 0.250. The van der Waals surface area contributed by atoms with E-state index in [2.05, 4.69) is 27.1 Å². The molecule has 0 aliphatic carbocycles. The van der Waals surface area contributed by atoms with E-state index in [0.717, 1.165) is 42.9 Å². The highest BCUT2D eigenvalue weighted by Gasteiger charge is 2.24. The molecule has 5 heteroatoms. The molecule has 1 N–H and O–H groups in total. The monoisotopic (exact) mass is 332 g/mol.